The highest BCUT2D eigenvalue weighted by Gasteiger charge is 2.54. The molecule has 31 nitrogen and oxygen atoms in total. The molecule has 3 fully saturated rings. The second-order valence-corrected chi connectivity index (χ2v) is 19.3. The van der Waals surface area contributed by atoms with Crippen LogP contribution in [0.3, 0.4) is 0 Å². The molecule has 3 aromatic heterocycles. The highest BCUT2D eigenvalue weighted by Crippen LogP contribution is 2.52. The average Bonchev–Trinajstić information content (AvgIpc) is 3.91. The number of carbonyl (C=O) groups is 3. The van der Waals surface area contributed by atoms with Crippen LogP contribution in [-0.4, -0.2) is 161 Å². The zero-order valence-electron chi connectivity index (χ0n) is 38.4. The van der Waals surface area contributed by atoms with Crippen molar-refractivity contribution < 1.29 is 90.0 Å². The standard InChI is InChI=1S/C39H52N6O25P2/c1-19(47)7-13-61-31-28(53)23(67-34(31)43-10-4-25(50)40-37(43)54)17-64-71(57,58)70-30-24(68-36(33(30)63-15-9-21(3)49)45-12-6-27(52)42-39(45)56)18-65-72(59,60)69-29-22(16-46)66-35(32(29)62-14-8-20(2)48)44-11-5-26(51)41-38(44)55/h4-6,10-12,22-24,28-36,46,53H,7-9,13-18H2,1-3H3,(H,57,58)(H,59,60)(H,40,50,54)(H,41,51,55)(H,42,52,56)/t22-,23-,24-,28+,29+,30+,31?,32?,33?,34-,35-,36-/m1/s1. The van der Waals surface area contributed by atoms with E-state index in [0.717, 1.165) is 50.5 Å². The minimum absolute atomic E-state index is 0.123. The van der Waals surface area contributed by atoms with E-state index in [1.807, 2.05) is 15.0 Å². The van der Waals surface area contributed by atoms with Gasteiger partial charge in [0.05, 0.1) is 39.6 Å². The van der Waals surface area contributed by atoms with Gasteiger partial charge in [-0.25, -0.2) is 23.5 Å². The van der Waals surface area contributed by atoms with Gasteiger partial charge >= 0.3 is 32.7 Å². The minimum Gasteiger partial charge on any atom is -0.394 e. The van der Waals surface area contributed by atoms with Gasteiger partial charge in [-0.15, -0.1) is 0 Å². The molecule has 33 heteroatoms. The van der Waals surface area contributed by atoms with Crippen LogP contribution in [0.5, 0.6) is 0 Å². The number of nitrogens with zero attached hydrogens (tertiary/aromatic N) is 3. The lowest BCUT2D eigenvalue weighted by Crippen LogP contribution is -2.41. The molecule has 0 saturated carbocycles. The number of aromatic nitrogens is 6. The maximum absolute atomic E-state index is 13.9. The van der Waals surface area contributed by atoms with Crippen LogP contribution < -0.4 is 33.7 Å². The van der Waals surface area contributed by atoms with Gasteiger partial charge in [-0.05, 0) is 20.8 Å². The Morgan fingerprint density at radius 1 is 0.556 bits per heavy atom. The van der Waals surface area contributed by atoms with Crippen LogP contribution in [0.4, 0.5) is 0 Å². The summed E-state index contributed by atoms with van der Waals surface area (Å²) in [7, 11) is -11.0. The number of carbonyl (C=O) groups excluding carboxylic acids is 3. The van der Waals surface area contributed by atoms with Gasteiger partial charge in [-0.1, -0.05) is 0 Å². The van der Waals surface area contributed by atoms with Crippen molar-refractivity contribution in [3.05, 3.63) is 99.3 Å². The first kappa shape index (κ1) is 56.2. The van der Waals surface area contributed by atoms with Crippen LogP contribution in [-0.2, 0) is 70.0 Å². The molecule has 3 aliphatic rings. The van der Waals surface area contributed by atoms with Crippen LogP contribution in [0.15, 0.2) is 65.6 Å². The number of phosphoric ester groups is 2. The van der Waals surface area contributed by atoms with Gasteiger partial charge in [-0.3, -0.25) is 75.5 Å². The van der Waals surface area contributed by atoms with Crippen molar-refractivity contribution in [2.75, 3.05) is 39.6 Å². The van der Waals surface area contributed by atoms with E-state index in [9.17, 15) is 72.3 Å². The summed E-state index contributed by atoms with van der Waals surface area (Å²) >= 11 is 0. The molecule has 3 aromatic rings. The maximum Gasteiger partial charge on any atom is 0.472 e. The van der Waals surface area contributed by atoms with Gasteiger partial charge in [0.15, 0.2) is 18.7 Å². The molecule has 14 atom stereocenters. The fraction of sp³-hybridized carbons (Fsp3) is 0.615. The Morgan fingerprint density at radius 2 is 0.889 bits per heavy atom. The summed E-state index contributed by atoms with van der Waals surface area (Å²) in [6, 6.07) is 2.82. The van der Waals surface area contributed by atoms with Crippen molar-refractivity contribution >= 4 is 33.0 Å². The van der Waals surface area contributed by atoms with Crippen molar-refractivity contribution in [3.63, 3.8) is 0 Å². The van der Waals surface area contributed by atoms with Gasteiger partial charge in [0, 0.05) is 56.1 Å². The first-order valence-electron chi connectivity index (χ1n) is 21.8. The van der Waals surface area contributed by atoms with E-state index in [0.29, 0.717) is 0 Å². The fourth-order valence-electron chi connectivity index (χ4n) is 7.62. The van der Waals surface area contributed by atoms with Crippen LogP contribution >= 0.6 is 15.6 Å². The lowest BCUT2D eigenvalue weighted by atomic mass is 10.1. The number of aliphatic hydroxyl groups excluding tert-OH is 2. The summed E-state index contributed by atoms with van der Waals surface area (Å²) in [4.78, 5) is 138. The quantitative estimate of drug-likeness (QED) is 0.0389. The van der Waals surface area contributed by atoms with Crippen LogP contribution in [0.25, 0.3) is 0 Å². The summed E-state index contributed by atoms with van der Waals surface area (Å²) in [6.07, 6.45) is -17.6. The molecule has 0 spiro atoms. The smallest absolute Gasteiger partial charge is 0.394 e. The molecule has 398 valence electrons. The lowest BCUT2D eigenvalue weighted by Gasteiger charge is -2.28. The van der Waals surface area contributed by atoms with E-state index in [1.165, 1.54) is 20.8 Å². The van der Waals surface area contributed by atoms with E-state index in [-0.39, 0.29) is 44.0 Å². The van der Waals surface area contributed by atoms with Crippen molar-refractivity contribution in [1.29, 1.82) is 0 Å². The second-order valence-electron chi connectivity index (χ2n) is 16.5. The van der Waals surface area contributed by atoms with E-state index in [4.69, 9.17) is 46.5 Å². The number of aliphatic hydroxyl groups is 2. The number of hydrogen-bond donors (Lipinski definition) is 7. The Hall–Kier alpha value is -5.05. The topological polar surface area (TPSA) is 423 Å². The number of rotatable bonds is 26. The molecule has 72 heavy (non-hydrogen) atoms. The van der Waals surface area contributed by atoms with Crippen molar-refractivity contribution in [1.82, 2.24) is 28.7 Å². The van der Waals surface area contributed by atoms with E-state index >= 15 is 0 Å². The monoisotopic (exact) mass is 1070 g/mol. The molecule has 0 aliphatic carbocycles. The molecular weight excluding hydrogens is 1010 g/mol. The third-order valence-electron chi connectivity index (χ3n) is 11.0. The van der Waals surface area contributed by atoms with E-state index < -0.39 is 155 Å². The second kappa shape index (κ2) is 24.3. The zero-order valence-corrected chi connectivity index (χ0v) is 40.1. The number of H-pyrrole nitrogens is 3. The molecule has 6 rings (SSSR count). The van der Waals surface area contributed by atoms with Gasteiger partial charge in [0.25, 0.3) is 16.7 Å². The SMILES string of the molecule is CC(=O)CCOC1[C@@H](O)[C@@H](COP(=O)(O)O[C@@H]2C(OCCC(C)=O)[C@H](n3ccc(=O)[nH]c3=O)O[C@@H]2COP(=O)(O)O[C@@H]2C(OCCC(C)=O)[C@H](n3ccc(=O)[nH]c3=O)O[C@@H]2CO)O[C@H]1n1ccc(=O)[nH]c1=O. The third-order valence-corrected chi connectivity index (χ3v) is 13.0. The first-order chi connectivity index (χ1) is 34.0. The predicted octanol–water partition coefficient (Wildman–Crippen LogP) is -3.22. The molecule has 0 radical (unpaired) electrons. The number of ether oxygens (including phenoxy) is 6. The maximum atomic E-state index is 13.9. The highest BCUT2D eigenvalue weighted by molar-refractivity contribution is 7.47. The molecule has 0 aromatic carbocycles. The molecule has 3 aliphatic heterocycles. The predicted molar refractivity (Wildman–Crippen MR) is 235 cm³/mol. The van der Waals surface area contributed by atoms with Crippen molar-refractivity contribution in [2.45, 2.75) is 114 Å². The average molecular weight is 1070 g/mol. The summed E-state index contributed by atoms with van der Waals surface area (Å²) in [6.45, 7) is -0.394. The molecule has 3 saturated heterocycles. The van der Waals surface area contributed by atoms with Crippen LogP contribution in [0.1, 0.15) is 58.7 Å². The van der Waals surface area contributed by atoms with Crippen molar-refractivity contribution in [2.24, 2.45) is 0 Å². The van der Waals surface area contributed by atoms with E-state index in [1.54, 1.807) is 0 Å². The Bertz CT molecular complexity index is 2880. The Balaban J connectivity index is 1.27. The van der Waals surface area contributed by atoms with Gasteiger partial charge in [0.2, 0.25) is 0 Å². The van der Waals surface area contributed by atoms with Crippen LogP contribution in [0, 0.1) is 0 Å². The number of phosphoric acid groups is 2. The molecule has 5 unspecified atom stereocenters. The molecule has 6 heterocycles. The lowest BCUT2D eigenvalue weighted by molar-refractivity contribution is -0.121. The molecular formula is C39H52N6O25P2. The van der Waals surface area contributed by atoms with Gasteiger partial charge in [-0.2, -0.15) is 0 Å². The Kier molecular flexibility index (Phi) is 19.0. The minimum atomic E-state index is -5.53. The van der Waals surface area contributed by atoms with Crippen LogP contribution in [0.2, 0.25) is 0 Å². The number of ketones is 3. The Morgan fingerprint density at radius 3 is 1.26 bits per heavy atom. The molecule has 0 amide bonds. The normalized spacial score (nSPS) is 28.9. The first-order valence-corrected chi connectivity index (χ1v) is 24.8. The molecule has 7 N–H and O–H groups in total. The largest absolute Gasteiger partial charge is 0.472 e. The molecule has 0 bridgehead atoms. The number of hydrogen-bond acceptors (Lipinski definition) is 23. The van der Waals surface area contributed by atoms with Gasteiger partial charge < -0.3 is 48.4 Å². The zero-order chi connectivity index (χ0) is 52.7. The van der Waals surface area contributed by atoms with Gasteiger partial charge in [0.1, 0.15) is 72.3 Å². The van der Waals surface area contributed by atoms with Crippen molar-refractivity contribution in [3.8, 4) is 0 Å². The summed E-state index contributed by atoms with van der Waals surface area (Å²) < 4.78 is 86.7. The summed E-state index contributed by atoms with van der Waals surface area (Å²) in [5, 5.41) is 21.5. The summed E-state index contributed by atoms with van der Waals surface area (Å²) in [5.74, 6) is -1.02. The Labute approximate surface area is 403 Å². The fourth-order valence-corrected chi connectivity index (χ4v) is 9.54. The number of Topliss-reactive ketones (excluding diaryl/α,β-unsaturated/α-hetero) is 3. The highest BCUT2D eigenvalue weighted by atomic mass is 31.2. The number of aromatic amines is 3. The third kappa shape index (κ3) is 14.4. The summed E-state index contributed by atoms with van der Waals surface area (Å²) in [5.41, 5.74) is -5.54. The van der Waals surface area contributed by atoms with E-state index in [2.05, 4.69) is 0 Å². The number of nitrogens with one attached hydrogen (secondary N) is 3.